The monoisotopic (exact) mass is 415 g/mol. The molecule has 2 N–H and O–H groups in total. The second kappa shape index (κ2) is 11.1. The molecule has 2 rings (SSSR count). The van der Waals surface area contributed by atoms with Crippen LogP contribution in [0.3, 0.4) is 0 Å². The molecule has 2 aromatic carbocycles. The van der Waals surface area contributed by atoms with E-state index < -0.39 is 5.91 Å². The van der Waals surface area contributed by atoms with Gasteiger partial charge in [-0.25, -0.2) is 0 Å². The summed E-state index contributed by atoms with van der Waals surface area (Å²) >= 11 is 5.24. The number of hydrogen-bond donors (Lipinski definition) is 2. The number of amides is 2. The molecule has 0 saturated carbocycles. The Bertz CT molecular complexity index is 871. The molecule has 0 aliphatic heterocycles. The molecule has 0 heterocycles. The Morgan fingerprint density at radius 3 is 2.55 bits per heavy atom. The molecule has 2 aromatic rings. The summed E-state index contributed by atoms with van der Waals surface area (Å²) in [5.41, 5.74) is 1.48. The first-order valence-corrected chi connectivity index (χ1v) is 9.56. The zero-order valence-corrected chi connectivity index (χ0v) is 17.5. The first kappa shape index (κ1) is 22.3. The second-order valence-corrected chi connectivity index (χ2v) is 6.64. The SMILES string of the molecule is CCOCCOc1ccccc1C(=O)NC(=S)Nc1cccc(C(=O)N(C)C)c1. The number of carbonyl (C=O) groups is 2. The fourth-order valence-electron chi connectivity index (χ4n) is 2.46. The molecule has 0 aromatic heterocycles. The van der Waals surface area contributed by atoms with E-state index in [1.54, 1.807) is 62.6 Å². The van der Waals surface area contributed by atoms with Crippen LogP contribution in [0.15, 0.2) is 48.5 Å². The molecule has 0 radical (unpaired) electrons. The predicted molar refractivity (Wildman–Crippen MR) is 117 cm³/mol. The minimum Gasteiger partial charge on any atom is -0.490 e. The van der Waals surface area contributed by atoms with Gasteiger partial charge in [0.1, 0.15) is 12.4 Å². The molecule has 2 amide bonds. The first-order valence-electron chi connectivity index (χ1n) is 9.16. The van der Waals surface area contributed by atoms with Crippen LogP contribution < -0.4 is 15.4 Å². The summed E-state index contributed by atoms with van der Waals surface area (Å²) < 4.78 is 10.9. The van der Waals surface area contributed by atoms with E-state index in [4.69, 9.17) is 21.7 Å². The lowest BCUT2D eigenvalue weighted by Gasteiger charge is -2.14. The maximum atomic E-state index is 12.6. The number of ether oxygens (including phenoxy) is 2. The molecule has 0 saturated heterocycles. The quantitative estimate of drug-likeness (QED) is 0.510. The zero-order valence-electron chi connectivity index (χ0n) is 16.7. The number of para-hydroxylation sites is 1. The number of anilines is 1. The van der Waals surface area contributed by atoms with Gasteiger partial charge in [-0.1, -0.05) is 18.2 Å². The normalized spacial score (nSPS) is 10.2. The summed E-state index contributed by atoms with van der Waals surface area (Å²) in [4.78, 5) is 26.2. The minimum atomic E-state index is -0.393. The first-order chi connectivity index (χ1) is 13.9. The van der Waals surface area contributed by atoms with Crippen LogP contribution in [-0.4, -0.2) is 55.7 Å². The Hall–Kier alpha value is -2.97. The van der Waals surface area contributed by atoms with Crippen molar-refractivity contribution in [2.75, 3.05) is 39.2 Å². The molecular formula is C21H25N3O4S. The molecular weight excluding hydrogens is 390 g/mol. The van der Waals surface area contributed by atoms with E-state index in [0.717, 1.165) is 0 Å². The van der Waals surface area contributed by atoms with Gasteiger partial charge in [-0.2, -0.15) is 0 Å². The van der Waals surface area contributed by atoms with Gasteiger partial charge in [0.15, 0.2) is 5.11 Å². The van der Waals surface area contributed by atoms with Gasteiger partial charge < -0.3 is 19.7 Å². The summed E-state index contributed by atoms with van der Waals surface area (Å²) in [5.74, 6) is -0.0668. The molecule has 0 bridgehead atoms. The van der Waals surface area contributed by atoms with Crippen molar-refractivity contribution in [1.82, 2.24) is 10.2 Å². The number of nitrogens with one attached hydrogen (secondary N) is 2. The number of thiocarbonyl (C=S) groups is 1. The Morgan fingerprint density at radius 2 is 1.83 bits per heavy atom. The highest BCUT2D eigenvalue weighted by atomic mass is 32.1. The van der Waals surface area contributed by atoms with E-state index in [0.29, 0.717) is 42.4 Å². The fraction of sp³-hybridized carbons (Fsp3) is 0.286. The maximum absolute atomic E-state index is 12.6. The number of nitrogens with zero attached hydrogens (tertiary/aromatic N) is 1. The number of rotatable bonds is 8. The molecule has 7 nitrogen and oxygen atoms in total. The predicted octanol–water partition coefficient (Wildman–Crippen LogP) is 2.93. The van der Waals surface area contributed by atoms with E-state index in [9.17, 15) is 9.59 Å². The molecule has 0 unspecified atom stereocenters. The highest BCUT2D eigenvalue weighted by molar-refractivity contribution is 7.80. The largest absolute Gasteiger partial charge is 0.490 e. The molecule has 0 aliphatic rings. The molecule has 8 heteroatoms. The summed E-state index contributed by atoms with van der Waals surface area (Å²) in [6.07, 6.45) is 0. The molecule has 0 aliphatic carbocycles. The van der Waals surface area contributed by atoms with E-state index in [1.807, 2.05) is 6.92 Å². The van der Waals surface area contributed by atoms with E-state index in [-0.39, 0.29) is 11.0 Å². The lowest BCUT2D eigenvalue weighted by Crippen LogP contribution is -2.34. The van der Waals surface area contributed by atoms with E-state index in [2.05, 4.69) is 10.6 Å². The molecule has 154 valence electrons. The minimum absolute atomic E-state index is 0.119. The highest BCUT2D eigenvalue weighted by Gasteiger charge is 2.14. The number of benzene rings is 2. The topological polar surface area (TPSA) is 79.9 Å². The van der Waals surface area contributed by atoms with Crippen LogP contribution in [0.5, 0.6) is 5.75 Å². The van der Waals surface area contributed by atoms with Gasteiger partial charge in [-0.15, -0.1) is 0 Å². The van der Waals surface area contributed by atoms with Crippen LogP contribution in [0.25, 0.3) is 0 Å². The summed E-state index contributed by atoms with van der Waals surface area (Å²) in [7, 11) is 3.36. The van der Waals surface area contributed by atoms with Crippen LogP contribution in [0.4, 0.5) is 5.69 Å². The number of carbonyl (C=O) groups excluding carboxylic acids is 2. The molecule has 0 fully saturated rings. The lowest BCUT2D eigenvalue weighted by atomic mass is 10.2. The molecule has 0 spiro atoms. The van der Waals surface area contributed by atoms with Crippen molar-refractivity contribution >= 4 is 34.8 Å². The maximum Gasteiger partial charge on any atom is 0.261 e. The van der Waals surface area contributed by atoms with Gasteiger partial charge in [0.2, 0.25) is 0 Å². The zero-order chi connectivity index (χ0) is 21.2. The Morgan fingerprint density at radius 1 is 1.07 bits per heavy atom. The van der Waals surface area contributed by atoms with Crippen LogP contribution in [-0.2, 0) is 4.74 Å². The van der Waals surface area contributed by atoms with Gasteiger partial charge in [-0.05, 0) is 49.5 Å². The van der Waals surface area contributed by atoms with Crippen LogP contribution in [0.2, 0.25) is 0 Å². The van der Waals surface area contributed by atoms with Crippen molar-refractivity contribution in [2.24, 2.45) is 0 Å². The fourth-order valence-corrected chi connectivity index (χ4v) is 2.67. The Labute approximate surface area is 176 Å². The van der Waals surface area contributed by atoms with E-state index in [1.165, 1.54) is 4.90 Å². The van der Waals surface area contributed by atoms with Crippen molar-refractivity contribution in [1.29, 1.82) is 0 Å². The third-order valence-electron chi connectivity index (χ3n) is 3.82. The second-order valence-electron chi connectivity index (χ2n) is 6.23. The van der Waals surface area contributed by atoms with Crippen LogP contribution >= 0.6 is 12.2 Å². The van der Waals surface area contributed by atoms with Crippen molar-refractivity contribution in [3.8, 4) is 5.75 Å². The molecule has 29 heavy (non-hydrogen) atoms. The Balaban J connectivity index is 2.00. The summed E-state index contributed by atoms with van der Waals surface area (Å²) in [6, 6.07) is 13.8. The third kappa shape index (κ3) is 6.85. The summed E-state index contributed by atoms with van der Waals surface area (Å²) in [6.45, 7) is 3.29. The van der Waals surface area contributed by atoms with Crippen LogP contribution in [0.1, 0.15) is 27.6 Å². The van der Waals surface area contributed by atoms with Crippen molar-refractivity contribution in [2.45, 2.75) is 6.92 Å². The van der Waals surface area contributed by atoms with Gasteiger partial charge >= 0.3 is 0 Å². The van der Waals surface area contributed by atoms with Gasteiger partial charge in [0, 0.05) is 32.0 Å². The lowest BCUT2D eigenvalue weighted by molar-refractivity contribution is 0.0827. The standard InChI is InChI=1S/C21H25N3O4S/c1-4-27-12-13-28-18-11-6-5-10-17(18)19(25)23-21(29)22-16-9-7-8-15(14-16)20(26)24(2)3/h5-11,14H,4,12-13H2,1-3H3,(H2,22,23,25,29). The highest BCUT2D eigenvalue weighted by Crippen LogP contribution is 2.18. The summed E-state index contributed by atoms with van der Waals surface area (Å²) in [5, 5.41) is 5.68. The Kier molecular flexibility index (Phi) is 8.57. The van der Waals surface area contributed by atoms with Gasteiger partial charge in [0.05, 0.1) is 12.2 Å². The smallest absolute Gasteiger partial charge is 0.261 e. The van der Waals surface area contributed by atoms with Gasteiger partial charge in [0.25, 0.3) is 11.8 Å². The van der Waals surface area contributed by atoms with Crippen molar-refractivity contribution in [3.63, 3.8) is 0 Å². The average Bonchev–Trinajstić information content (AvgIpc) is 2.71. The van der Waals surface area contributed by atoms with E-state index >= 15 is 0 Å². The van der Waals surface area contributed by atoms with Gasteiger partial charge in [-0.3, -0.25) is 14.9 Å². The van der Waals surface area contributed by atoms with Crippen molar-refractivity contribution in [3.05, 3.63) is 59.7 Å². The van der Waals surface area contributed by atoms with Crippen molar-refractivity contribution < 1.29 is 19.1 Å². The van der Waals surface area contributed by atoms with Crippen LogP contribution in [0, 0.1) is 0 Å². The number of hydrogen-bond acceptors (Lipinski definition) is 5. The molecule has 0 atom stereocenters. The average molecular weight is 416 g/mol. The third-order valence-corrected chi connectivity index (χ3v) is 4.03.